The van der Waals surface area contributed by atoms with Gasteiger partial charge in [-0.2, -0.15) is 0 Å². The van der Waals surface area contributed by atoms with Gasteiger partial charge in [-0.1, -0.05) is 42.5 Å². The summed E-state index contributed by atoms with van der Waals surface area (Å²) in [6.07, 6.45) is 1.33. The van der Waals surface area contributed by atoms with Crippen molar-refractivity contribution >= 4 is 6.09 Å². The van der Waals surface area contributed by atoms with Gasteiger partial charge in [-0.05, 0) is 43.0 Å². The highest BCUT2D eigenvalue weighted by molar-refractivity contribution is 5.67. The van der Waals surface area contributed by atoms with Crippen LogP contribution in [0.15, 0.2) is 54.6 Å². The molecule has 1 aliphatic heterocycles. The molecule has 1 saturated heterocycles. The van der Waals surface area contributed by atoms with Crippen LogP contribution in [0.1, 0.15) is 37.0 Å². The molecule has 1 atom stereocenters. The van der Waals surface area contributed by atoms with E-state index in [-0.39, 0.29) is 18.3 Å². The second-order valence-corrected chi connectivity index (χ2v) is 6.59. The monoisotopic (exact) mass is 369 g/mol. The van der Waals surface area contributed by atoms with Gasteiger partial charge in [-0.15, -0.1) is 0 Å². The van der Waals surface area contributed by atoms with Gasteiger partial charge in [0.2, 0.25) is 0 Å². The van der Waals surface area contributed by atoms with E-state index >= 15 is 0 Å². The summed E-state index contributed by atoms with van der Waals surface area (Å²) in [5.41, 5.74) is 2.21. The maximum atomic E-state index is 11.9. The predicted molar refractivity (Wildman–Crippen MR) is 104 cm³/mol. The van der Waals surface area contributed by atoms with E-state index in [0.717, 1.165) is 29.7 Å². The van der Waals surface area contributed by atoms with Gasteiger partial charge in [0.15, 0.2) is 0 Å². The van der Waals surface area contributed by atoms with Gasteiger partial charge >= 0.3 is 6.09 Å². The zero-order valence-corrected chi connectivity index (χ0v) is 16.0. The molecule has 2 aromatic carbocycles. The molecule has 1 amide bonds. The van der Waals surface area contributed by atoms with Crippen LogP contribution in [0.3, 0.4) is 0 Å². The van der Waals surface area contributed by atoms with E-state index in [1.807, 2.05) is 49.4 Å². The highest BCUT2D eigenvalue weighted by Crippen LogP contribution is 2.31. The van der Waals surface area contributed by atoms with Gasteiger partial charge in [0.05, 0.1) is 19.8 Å². The third-order valence-electron chi connectivity index (χ3n) is 4.82. The molecule has 0 spiro atoms. The lowest BCUT2D eigenvalue weighted by Gasteiger charge is -2.33. The summed E-state index contributed by atoms with van der Waals surface area (Å²) < 4.78 is 16.9. The van der Waals surface area contributed by atoms with Gasteiger partial charge in [-0.25, -0.2) is 4.79 Å². The quantitative estimate of drug-likeness (QED) is 0.756. The van der Waals surface area contributed by atoms with Gasteiger partial charge in [0, 0.05) is 13.1 Å². The van der Waals surface area contributed by atoms with Crippen molar-refractivity contribution in [2.45, 2.75) is 32.0 Å². The third kappa shape index (κ3) is 5.01. The Balaban J connectivity index is 1.70. The minimum absolute atomic E-state index is 0.1000. The van der Waals surface area contributed by atoms with Crippen LogP contribution in [0.25, 0.3) is 0 Å². The Bertz CT molecular complexity index is 709. The standard InChI is InChI=1S/C22H27NO4/c1-3-26-22(24)23-15-13-20(14-16-23)27-21(17-7-5-4-6-8-17)18-9-11-19(25-2)12-10-18/h4-12,20-21H,3,13-16H2,1-2H3. The van der Waals surface area contributed by atoms with Crippen molar-refractivity contribution in [2.24, 2.45) is 0 Å². The molecule has 1 aliphatic rings. The topological polar surface area (TPSA) is 48.0 Å². The Morgan fingerprint density at radius 3 is 2.26 bits per heavy atom. The lowest BCUT2D eigenvalue weighted by molar-refractivity contribution is -0.0260. The first-order chi connectivity index (χ1) is 13.2. The molecule has 0 N–H and O–H groups in total. The Hall–Kier alpha value is -2.53. The lowest BCUT2D eigenvalue weighted by atomic mass is 10.00. The molecule has 1 heterocycles. The van der Waals surface area contributed by atoms with Crippen LogP contribution in [0.2, 0.25) is 0 Å². The zero-order chi connectivity index (χ0) is 19.1. The second kappa shape index (κ2) is 9.42. The minimum atomic E-state index is -0.231. The van der Waals surface area contributed by atoms with Crippen molar-refractivity contribution in [3.05, 3.63) is 65.7 Å². The molecule has 144 valence electrons. The molecular weight excluding hydrogens is 342 g/mol. The van der Waals surface area contributed by atoms with Crippen LogP contribution in [0, 0.1) is 0 Å². The molecule has 0 aliphatic carbocycles. The number of methoxy groups -OCH3 is 1. The van der Waals surface area contributed by atoms with E-state index in [1.54, 1.807) is 12.0 Å². The maximum absolute atomic E-state index is 11.9. The summed E-state index contributed by atoms with van der Waals surface area (Å²) >= 11 is 0. The SMILES string of the molecule is CCOC(=O)N1CCC(OC(c2ccccc2)c2ccc(OC)cc2)CC1. The molecule has 0 bridgehead atoms. The predicted octanol–water partition coefficient (Wildman–Crippen LogP) is 4.42. The number of amides is 1. The molecule has 1 fully saturated rings. The first-order valence-electron chi connectivity index (χ1n) is 9.47. The van der Waals surface area contributed by atoms with Gasteiger partial charge in [0.1, 0.15) is 11.9 Å². The Morgan fingerprint density at radius 2 is 1.67 bits per heavy atom. The molecule has 5 heteroatoms. The van der Waals surface area contributed by atoms with E-state index in [4.69, 9.17) is 14.2 Å². The fourth-order valence-corrected chi connectivity index (χ4v) is 3.34. The van der Waals surface area contributed by atoms with Gasteiger partial charge in [-0.3, -0.25) is 0 Å². The number of hydrogen-bond donors (Lipinski definition) is 0. The molecule has 0 radical (unpaired) electrons. The fraction of sp³-hybridized carbons (Fsp3) is 0.409. The van der Waals surface area contributed by atoms with E-state index < -0.39 is 0 Å². The summed E-state index contributed by atoms with van der Waals surface area (Å²) in [6, 6.07) is 18.2. The number of ether oxygens (including phenoxy) is 3. The average molecular weight is 369 g/mol. The Kier molecular flexibility index (Phi) is 6.71. The fourth-order valence-electron chi connectivity index (χ4n) is 3.34. The van der Waals surface area contributed by atoms with Crippen LogP contribution in [-0.4, -0.2) is 43.9 Å². The summed E-state index contributed by atoms with van der Waals surface area (Å²) in [4.78, 5) is 13.6. The number of nitrogens with zero attached hydrogens (tertiary/aromatic N) is 1. The molecule has 3 rings (SSSR count). The van der Waals surface area contributed by atoms with Crippen molar-refractivity contribution < 1.29 is 19.0 Å². The van der Waals surface area contributed by atoms with E-state index in [9.17, 15) is 4.79 Å². The third-order valence-corrected chi connectivity index (χ3v) is 4.82. The van der Waals surface area contributed by atoms with Crippen LogP contribution < -0.4 is 4.74 Å². The van der Waals surface area contributed by atoms with Crippen molar-refractivity contribution in [1.29, 1.82) is 0 Å². The number of carbonyl (C=O) groups excluding carboxylic acids is 1. The van der Waals surface area contributed by atoms with Gasteiger partial charge in [0.25, 0.3) is 0 Å². The molecule has 27 heavy (non-hydrogen) atoms. The van der Waals surface area contributed by atoms with E-state index in [1.165, 1.54) is 0 Å². The molecule has 0 saturated carbocycles. The van der Waals surface area contributed by atoms with Crippen molar-refractivity contribution in [1.82, 2.24) is 4.90 Å². The molecule has 5 nitrogen and oxygen atoms in total. The number of piperidine rings is 1. The van der Waals surface area contributed by atoms with Crippen LogP contribution >= 0.6 is 0 Å². The highest BCUT2D eigenvalue weighted by Gasteiger charge is 2.27. The van der Waals surface area contributed by atoms with Crippen molar-refractivity contribution in [3.8, 4) is 5.75 Å². The highest BCUT2D eigenvalue weighted by atomic mass is 16.6. The number of rotatable bonds is 6. The number of benzene rings is 2. The van der Waals surface area contributed by atoms with Crippen LogP contribution in [0.5, 0.6) is 5.75 Å². The summed E-state index contributed by atoms with van der Waals surface area (Å²) in [6.45, 7) is 3.55. The first kappa shape index (κ1) is 19.2. The summed E-state index contributed by atoms with van der Waals surface area (Å²) in [7, 11) is 1.66. The van der Waals surface area contributed by atoms with Crippen molar-refractivity contribution in [3.63, 3.8) is 0 Å². The molecule has 2 aromatic rings. The summed E-state index contributed by atoms with van der Waals surface area (Å²) in [5, 5.41) is 0. The minimum Gasteiger partial charge on any atom is -0.497 e. The molecular formula is C22H27NO4. The second-order valence-electron chi connectivity index (χ2n) is 6.59. The normalized spacial score (nSPS) is 16.0. The van der Waals surface area contributed by atoms with Gasteiger partial charge < -0.3 is 19.1 Å². The maximum Gasteiger partial charge on any atom is 0.409 e. The number of carbonyl (C=O) groups is 1. The van der Waals surface area contributed by atoms with Crippen molar-refractivity contribution in [2.75, 3.05) is 26.8 Å². The largest absolute Gasteiger partial charge is 0.497 e. The Morgan fingerprint density at radius 1 is 1.04 bits per heavy atom. The zero-order valence-electron chi connectivity index (χ0n) is 16.0. The Labute approximate surface area is 160 Å². The molecule has 0 aromatic heterocycles. The number of hydrogen-bond acceptors (Lipinski definition) is 4. The molecule has 1 unspecified atom stereocenters. The smallest absolute Gasteiger partial charge is 0.409 e. The lowest BCUT2D eigenvalue weighted by Crippen LogP contribution is -2.41. The summed E-state index contributed by atoms with van der Waals surface area (Å²) in [5.74, 6) is 0.827. The van der Waals surface area contributed by atoms with Crippen LogP contribution in [0.4, 0.5) is 4.79 Å². The first-order valence-corrected chi connectivity index (χ1v) is 9.47. The van der Waals surface area contributed by atoms with E-state index in [0.29, 0.717) is 19.7 Å². The number of likely N-dealkylation sites (tertiary alicyclic amines) is 1. The van der Waals surface area contributed by atoms with Crippen LogP contribution in [-0.2, 0) is 9.47 Å². The average Bonchev–Trinajstić information content (AvgIpc) is 2.73. The van der Waals surface area contributed by atoms with E-state index in [2.05, 4.69) is 12.1 Å².